The molecule has 0 aliphatic rings. The molecule has 0 aliphatic carbocycles. The van der Waals surface area contributed by atoms with Gasteiger partial charge in [-0.1, -0.05) is 49.9 Å². The molecule has 3 rings (SSSR count). The predicted octanol–water partition coefficient (Wildman–Crippen LogP) is 4.53. The lowest BCUT2D eigenvalue weighted by atomic mass is 9.98. The van der Waals surface area contributed by atoms with E-state index < -0.39 is 5.25 Å². The number of carbonyl (C=O) groups excluding carboxylic acids is 1. The first-order valence-corrected chi connectivity index (χ1v) is 11.9. The Hall–Kier alpha value is -2.64. The SMILES string of the molecule is CCC(C)c1ccc(-n2c(SC(C)C(=O)NCCCOC)nc3ccccc3c2=O)cc1. The number of nitrogens with zero attached hydrogens (tertiary/aromatic N) is 2. The second-order valence-corrected chi connectivity index (χ2v) is 9.16. The van der Waals surface area contributed by atoms with Gasteiger partial charge in [0.15, 0.2) is 5.16 Å². The van der Waals surface area contributed by atoms with Crippen LogP contribution in [-0.4, -0.2) is 41.0 Å². The number of hydrogen-bond donors (Lipinski definition) is 1. The van der Waals surface area contributed by atoms with Crippen molar-refractivity contribution in [3.63, 3.8) is 0 Å². The largest absolute Gasteiger partial charge is 0.385 e. The van der Waals surface area contributed by atoms with Gasteiger partial charge in [-0.25, -0.2) is 4.98 Å². The van der Waals surface area contributed by atoms with Crippen LogP contribution in [0.2, 0.25) is 0 Å². The normalized spacial score (nSPS) is 13.1. The number of methoxy groups -OCH3 is 1. The van der Waals surface area contributed by atoms with E-state index in [4.69, 9.17) is 9.72 Å². The summed E-state index contributed by atoms with van der Waals surface area (Å²) in [5.74, 6) is 0.360. The maximum atomic E-state index is 13.4. The predicted molar refractivity (Wildman–Crippen MR) is 131 cm³/mol. The molecule has 2 unspecified atom stereocenters. The zero-order valence-corrected chi connectivity index (χ0v) is 19.9. The van der Waals surface area contributed by atoms with E-state index in [-0.39, 0.29) is 11.5 Å². The van der Waals surface area contributed by atoms with Gasteiger partial charge in [-0.15, -0.1) is 0 Å². The summed E-state index contributed by atoms with van der Waals surface area (Å²) in [6.07, 6.45) is 1.80. The molecule has 0 saturated heterocycles. The summed E-state index contributed by atoms with van der Waals surface area (Å²) in [6.45, 7) is 7.32. The van der Waals surface area contributed by atoms with Gasteiger partial charge in [0.05, 0.1) is 21.8 Å². The lowest BCUT2D eigenvalue weighted by molar-refractivity contribution is -0.120. The number of carbonyl (C=O) groups is 1. The molecule has 6 nitrogen and oxygen atoms in total. The van der Waals surface area contributed by atoms with Crippen molar-refractivity contribution in [2.24, 2.45) is 0 Å². The van der Waals surface area contributed by atoms with E-state index in [1.54, 1.807) is 17.7 Å². The van der Waals surface area contributed by atoms with Gasteiger partial charge < -0.3 is 10.1 Å². The standard InChI is InChI=1S/C25H31N3O3S/c1-5-17(2)19-11-13-20(14-12-19)28-24(30)21-9-6-7-10-22(21)27-25(28)32-18(3)23(29)26-15-8-16-31-4/h6-7,9-14,17-18H,5,8,15-16H2,1-4H3,(H,26,29). The molecule has 1 N–H and O–H groups in total. The third kappa shape index (κ3) is 5.58. The number of benzene rings is 2. The molecule has 1 amide bonds. The van der Waals surface area contributed by atoms with Crippen LogP contribution in [0.5, 0.6) is 0 Å². The Labute approximate surface area is 193 Å². The molecule has 2 aromatic carbocycles. The van der Waals surface area contributed by atoms with Crippen LogP contribution in [0.4, 0.5) is 0 Å². The highest BCUT2D eigenvalue weighted by molar-refractivity contribution is 8.00. The second kappa shape index (κ2) is 11.3. The quantitative estimate of drug-likeness (QED) is 0.277. The first-order chi connectivity index (χ1) is 15.5. The van der Waals surface area contributed by atoms with E-state index >= 15 is 0 Å². The van der Waals surface area contributed by atoms with Gasteiger partial charge in [0, 0.05) is 20.3 Å². The summed E-state index contributed by atoms with van der Waals surface area (Å²) in [6, 6.07) is 15.3. The monoisotopic (exact) mass is 453 g/mol. The van der Waals surface area contributed by atoms with Gasteiger partial charge in [-0.2, -0.15) is 0 Å². The number of aromatic nitrogens is 2. The van der Waals surface area contributed by atoms with Crippen LogP contribution in [-0.2, 0) is 9.53 Å². The summed E-state index contributed by atoms with van der Waals surface area (Å²) < 4.78 is 6.64. The summed E-state index contributed by atoms with van der Waals surface area (Å²) in [5.41, 5.74) is 2.47. The Morgan fingerprint density at radius 2 is 1.88 bits per heavy atom. The van der Waals surface area contributed by atoms with Gasteiger partial charge in [0.1, 0.15) is 0 Å². The molecule has 7 heteroatoms. The molecule has 1 heterocycles. The molecule has 170 valence electrons. The number of thioether (sulfide) groups is 1. The Morgan fingerprint density at radius 3 is 2.56 bits per heavy atom. The fourth-order valence-electron chi connectivity index (χ4n) is 3.39. The summed E-state index contributed by atoms with van der Waals surface area (Å²) in [4.78, 5) is 30.7. The molecular formula is C25H31N3O3S. The molecule has 0 bridgehead atoms. The Morgan fingerprint density at radius 1 is 1.16 bits per heavy atom. The van der Waals surface area contributed by atoms with Crippen LogP contribution in [0, 0.1) is 0 Å². The molecule has 1 aromatic heterocycles. The van der Waals surface area contributed by atoms with E-state index in [0.29, 0.717) is 35.1 Å². The number of amides is 1. The summed E-state index contributed by atoms with van der Waals surface area (Å²) in [5, 5.41) is 3.57. The van der Waals surface area contributed by atoms with Crippen LogP contribution >= 0.6 is 11.8 Å². The van der Waals surface area contributed by atoms with Crippen molar-refractivity contribution >= 4 is 28.6 Å². The van der Waals surface area contributed by atoms with Crippen LogP contribution in [0.15, 0.2) is 58.5 Å². The van der Waals surface area contributed by atoms with Gasteiger partial charge >= 0.3 is 0 Å². The number of para-hydroxylation sites is 1. The van der Waals surface area contributed by atoms with Crippen molar-refractivity contribution in [2.45, 2.75) is 49.9 Å². The molecule has 32 heavy (non-hydrogen) atoms. The van der Waals surface area contributed by atoms with Gasteiger partial charge in [0.25, 0.3) is 5.56 Å². The van der Waals surface area contributed by atoms with Gasteiger partial charge in [-0.05, 0) is 55.5 Å². The number of fused-ring (bicyclic) bond motifs is 1. The molecule has 0 spiro atoms. The zero-order valence-electron chi connectivity index (χ0n) is 19.1. The molecule has 0 aliphatic heterocycles. The maximum absolute atomic E-state index is 13.4. The van der Waals surface area contributed by atoms with Crippen molar-refractivity contribution in [1.29, 1.82) is 0 Å². The third-order valence-electron chi connectivity index (χ3n) is 5.55. The first-order valence-electron chi connectivity index (χ1n) is 11.0. The highest BCUT2D eigenvalue weighted by atomic mass is 32.2. The van der Waals surface area contributed by atoms with Gasteiger partial charge in [0.2, 0.25) is 5.91 Å². The Balaban J connectivity index is 1.96. The van der Waals surface area contributed by atoms with Crippen LogP contribution in [0.3, 0.4) is 0 Å². The highest BCUT2D eigenvalue weighted by Crippen LogP contribution is 2.26. The fraction of sp³-hybridized carbons (Fsp3) is 0.400. The fourth-order valence-corrected chi connectivity index (χ4v) is 4.34. The lowest BCUT2D eigenvalue weighted by Gasteiger charge is -2.17. The van der Waals surface area contributed by atoms with Gasteiger partial charge in [-0.3, -0.25) is 14.2 Å². The topological polar surface area (TPSA) is 73.2 Å². The molecular weight excluding hydrogens is 422 g/mol. The van der Waals surface area contributed by atoms with Crippen LogP contribution in [0.25, 0.3) is 16.6 Å². The minimum atomic E-state index is -0.406. The number of ether oxygens (including phenoxy) is 1. The van der Waals surface area contributed by atoms with E-state index in [1.165, 1.54) is 17.3 Å². The molecule has 2 atom stereocenters. The maximum Gasteiger partial charge on any atom is 0.266 e. The average molecular weight is 454 g/mol. The van der Waals surface area contributed by atoms with E-state index in [0.717, 1.165) is 18.5 Å². The lowest BCUT2D eigenvalue weighted by Crippen LogP contribution is -2.33. The van der Waals surface area contributed by atoms with Crippen LogP contribution in [0.1, 0.15) is 45.1 Å². The van der Waals surface area contributed by atoms with Crippen molar-refractivity contribution in [2.75, 3.05) is 20.3 Å². The molecule has 0 fully saturated rings. The molecule has 0 saturated carbocycles. The van der Waals surface area contributed by atoms with E-state index in [2.05, 4.69) is 31.3 Å². The minimum absolute atomic E-state index is 0.0906. The molecule has 0 radical (unpaired) electrons. The van der Waals surface area contributed by atoms with E-state index in [1.807, 2.05) is 37.3 Å². The second-order valence-electron chi connectivity index (χ2n) is 7.85. The highest BCUT2D eigenvalue weighted by Gasteiger charge is 2.20. The first kappa shape index (κ1) is 24.0. The van der Waals surface area contributed by atoms with Crippen molar-refractivity contribution < 1.29 is 9.53 Å². The summed E-state index contributed by atoms with van der Waals surface area (Å²) in [7, 11) is 1.64. The van der Waals surface area contributed by atoms with E-state index in [9.17, 15) is 9.59 Å². The van der Waals surface area contributed by atoms with Crippen molar-refractivity contribution in [3.8, 4) is 5.69 Å². The van der Waals surface area contributed by atoms with Crippen molar-refractivity contribution in [1.82, 2.24) is 14.9 Å². The number of hydrogen-bond acceptors (Lipinski definition) is 5. The van der Waals surface area contributed by atoms with Crippen molar-refractivity contribution in [3.05, 3.63) is 64.4 Å². The third-order valence-corrected chi connectivity index (χ3v) is 6.61. The average Bonchev–Trinajstić information content (AvgIpc) is 2.81. The Bertz CT molecular complexity index is 1110. The molecule has 3 aromatic rings. The zero-order chi connectivity index (χ0) is 23.1. The number of rotatable bonds is 10. The summed E-state index contributed by atoms with van der Waals surface area (Å²) >= 11 is 1.29. The minimum Gasteiger partial charge on any atom is -0.385 e. The smallest absolute Gasteiger partial charge is 0.266 e. The van der Waals surface area contributed by atoms with Crippen LogP contribution < -0.4 is 10.9 Å². The Kier molecular flexibility index (Phi) is 8.47. The number of nitrogens with one attached hydrogen (secondary N) is 1.